The molecule has 0 bridgehead atoms. The van der Waals surface area contributed by atoms with Gasteiger partial charge in [0, 0.05) is 19.7 Å². The fourth-order valence-electron chi connectivity index (χ4n) is 3.07. The fourth-order valence-corrected chi connectivity index (χ4v) is 5.23. The molecule has 0 spiro atoms. The van der Waals surface area contributed by atoms with E-state index in [9.17, 15) is 18.0 Å². The molecule has 0 unspecified atom stereocenters. The Bertz CT molecular complexity index is 1470. The molecule has 4 aromatic rings. The van der Waals surface area contributed by atoms with Crippen molar-refractivity contribution in [2.24, 2.45) is 0 Å². The number of ether oxygens (including phenoxy) is 2. The molecule has 0 N–H and O–H groups in total. The van der Waals surface area contributed by atoms with E-state index in [2.05, 4.69) is 31.9 Å². The summed E-state index contributed by atoms with van der Waals surface area (Å²) in [7, 11) is -1.81. The molecule has 0 saturated carbocycles. The minimum absolute atomic E-state index is 0.0684. The van der Waals surface area contributed by atoms with Gasteiger partial charge < -0.3 is 18.3 Å². The van der Waals surface area contributed by atoms with Crippen LogP contribution in [-0.2, 0) is 9.84 Å². The fraction of sp³-hybridized carbons (Fsp3) is 0.100. The van der Waals surface area contributed by atoms with Crippen molar-refractivity contribution >= 4 is 63.6 Å². The Kier molecular flexibility index (Phi) is 5.44. The number of methoxy groups -OCH3 is 2. The highest BCUT2D eigenvalue weighted by molar-refractivity contribution is 9.11. The predicted octanol–water partition coefficient (Wildman–Crippen LogP) is 4.27. The largest absolute Gasteiger partial charge is 0.493 e. The maximum absolute atomic E-state index is 13.3. The van der Waals surface area contributed by atoms with E-state index in [-0.39, 0.29) is 33.4 Å². The first-order valence-corrected chi connectivity index (χ1v) is 11.6. The first-order chi connectivity index (χ1) is 14.7. The van der Waals surface area contributed by atoms with Crippen LogP contribution in [0.15, 0.2) is 73.6 Å². The van der Waals surface area contributed by atoms with Gasteiger partial charge in [0.05, 0.1) is 14.2 Å². The average Bonchev–Trinajstić information content (AvgIpc) is 2.73. The molecule has 0 atom stereocenters. The summed E-state index contributed by atoms with van der Waals surface area (Å²) in [5, 5.41) is 0.566. The Labute approximate surface area is 191 Å². The van der Waals surface area contributed by atoms with E-state index in [0.717, 1.165) is 12.1 Å². The van der Waals surface area contributed by atoms with Crippen LogP contribution in [0.25, 0.3) is 21.9 Å². The number of hydrogen-bond acceptors (Lipinski definition) is 8. The molecule has 2 aromatic carbocycles. The van der Waals surface area contributed by atoms with E-state index >= 15 is 0 Å². The number of halogens is 2. The Morgan fingerprint density at radius 3 is 1.48 bits per heavy atom. The molecule has 0 fully saturated rings. The Hall–Kier alpha value is -2.63. The molecule has 0 amide bonds. The van der Waals surface area contributed by atoms with Gasteiger partial charge in [-0.15, -0.1) is 0 Å². The smallest absolute Gasteiger partial charge is 0.355 e. The SMILES string of the molecule is COc1ccc(Br)c2cc(S(=O)(=O)c3cc4c(Br)ccc(OC)c4oc3=O)c(=O)oc12. The molecule has 31 heavy (non-hydrogen) atoms. The summed E-state index contributed by atoms with van der Waals surface area (Å²) in [6, 6.07) is 8.62. The maximum Gasteiger partial charge on any atom is 0.355 e. The van der Waals surface area contributed by atoms with Gasteiger partial charge >= 0.3 is 11.3 Å². The summed E-state index contributed by atoms with van der Waals surface area (Å²) < 4.78 is 48.3. The second-order valence-corrected chi connectivity index (χ2v) is 9.88. The van der Waals surface area contributed by atoms with Gasteiger partial charge in [-0.25, -0.2) is 18.0 Å². The van der Waals surface area contributed by atoms with Gasteiger partial charge in [-0.2, -0.15) is 0 Å². The molecule has 0 aliphatic rings. The maximum atomic E-state index is 13.3. The van der Waals surface area contributed by atoms with Crippen LogP contribution < -0.4 is 20.7 Å². The molecule has 0 aliphatic heterocycles. The van der Waals surface area contributed by atoms with Crippen molar-refractivity contribution < 1.29 is 26.7 Å². The molecule has 160 valence electrons. The van der Waals surface area contributed by atoms with Gasteiger partial charge in [-0.1, -0.05) is 31.9 Å². The van der Waals surface area contributed by atoms with Gasteiger partial charge in [0.25, 0.3) is 0 Å². The van der Waals surface area contributed by atoms with Crippen LogP contribution in [0, 0.1) is 0 Å². The second kappa shape index (κ2) is 7.81. The van der Waals surface area contributed by atoms with Crippen LogP contribution in [0.4, 0.5) is 0 Å². The van der Waals surface area contributed by atoms with Crippen LogP contribution in [0.1, 0.15) is 0 Å². The van der Waals surface area contributed by atoms with Crippen LogP contribution >= 0.6 is 31.9 Å². The van der Waals surface area contributed by atoms with Gasteiger partial charge in [-0.3, -0.25) is 0 Å². The van der Waals surface area contributed by atoms with Gasteiger partial charge in [0.1, 0.15) is 0 Å². The van der Waals surface area contributed by atoms with Crippen LogP contribution in [0.5, 0.6) is 11.5 Å². The lowest BCUT2D eigenvalue weighted by Gasteiger charge is -2.09. The summed E-state index contributed by atoms with van der Waals surface area (Å²) in [5.74, 6) is 0.501. The van der Waals surface area contributed by atoms with Gasteiger partial charge in [0.2, 0.25) is 9.84 Å². The molecule has 11 heteroatoms. The summed E-state index contributed by atoms with van der Waals surface area (Å²) in [6.07, 6.45) is 0. The number of sulfone groups is 1. The van der Waals surface area contributed by atoms with Crippen molar-refractivity contribution in [2.45, 2.75) is 9.79 Å². The van der Waals surface area contributed by atoms with E-state index in [1.165, 1.54) is 14.2 Å². The number of rotatable bonds is 4. The molecule has 0 saturated heterocycles. The van der Waals surface area contributed by atoms with Crippen molar-refractivity contribution in [2.75, 3.05) is 14.2 Å². The number of hydrogen-bond donors (Lipinski definition) is 0. The molecule has 0 radical (unpaired) electrons. The zero-order valence-electron chi connectivity index (χ0n) is 15.9. The van der Waals surface area contributed by atoms with Crippen molar-refractivity contribution in [1.29, 1.82) is 0 Å². The van der Waals surface area contributed by atoms with E-state index in [1.54, 1.807) is 24.3 Å². The summed E-state index contributed by atoms with van der Waals surface area (Å²) >= 11 is 6.60. The highest BCUT2D eigenvalue weighted by Crippen LogP contribution is 2.35. The molecule has 2 aromatic heterocycles. The predicted molar refractivity (Wildman–Crippen MR) is 119 cm³/mol. The zero-order valence-corrected chi connectivity index (χ0v) is 19.9. The lowest BCUT2D eigenvalue weighted by atomic mass is 10.2. The topological polar surface area (TPSA) is 113 Å². The van der Waals surface area contributed by atoms with Gasteiger partial charge in [0.15, 0.2) is 32.5 Å². The molecular formula is C20H12Br2O8S. The normalized spacial score (nSPS) is 11.7. The van der Waals surface area contributed by atoms with Crippen LogP contribution in [0.3, 0.4) is 0 Å². The molecule has 0 aliphatic carbocycles. The van der Waals surface area contributed by atoms with Crippen molar-refractivity contribution in [3.63, 3.8) is 0 Å². The molecule has 8 nitrogen and oxygen atoms in total. The third-order valence-corrected chi connectivity index (χ3v) is 7.69. The quantitative estimate of drug-likeness (QED) is 0.334. The first kappa shape index (κ1) is 21.6. The lowest BCUT2D eigenvalue weighted by Crippen LogP contribution is -2.20. The van der Waals surface area contributed by atoms with E-state index in [1.807, 2.05) is 0 Å². The Morgan fingerprint density at radius 1 is 0.742 bits per heavy atom. The van der Waals surface area contributed by atoms with Crippen molar-refractivity contribution in [3.05, 3.63) is 66.2 Å². The van der Waals surface area contributed by atoms with Crippen molar-refractivity contribution in [1.82, 2.24) is 0 Å². The summed E-state index contributed by atoms with van der Waals surface area (Å²) in [4.78, 5) is 23.8. The number of benzene rings is 2. The third-order valence-electron chi connectivity index (χ3n) is 4.58. The van der Waals surface area contributed by atoms with Gasteiger partial charge in [-0.05, 0) is 36.4 Å². The average molecular weight is 572 g/mol. The highest BCUT2D eigenvalue weighted by atomic mass is 79.9. The Morgan fingerprint density at radius 2 is 1.13 bits per heavy atom. The van der Waals surface area contributed by atoms with Crippen LogP contribution in [-0.4, -0.2) is 22.6 Å². The minimum Gasteiger partial charge on any atom is -0.493 e. The summed E-state index contributed by atoms with van der Waals surface area (Å²) in [5.41, 5.74) is -2.15. The van der Waals surface area contributed by atoms with E-state index in [4.69, 9.17) is 18.3 Å². The monoisotopic (exact) mass is 570 g/mol. The highest BCUT2D eigenvalue weighted by Gasteiger charge is 2.29. The Balaban J connectivity index is 2.04. The summed E-state index contributed by atoms with van der Waals surface area (Å²) in [6.45, 7) is 0. The lowest BCUT2D eigenvalue weighted by molar-refractivity contribution is 0.404. The third kappa shape index (κ3) is 3.46. The standard InChI is InChI=1S/C20H12Br2O8S/c1-27-13-5-3-11(21)9-7-15(19(23)29-17(9)13)31(25,26)16-8-10-12(22)4-6-14(28-2)18(10)30-20(16)24/h3-8H,1-2H3. The zero-order chi connectivity index (χ0) is 22.5. The van der Waals surface area contributed by atoms with Crippen LogP contribution in [0.2, 0.25) is 0 Å². The van der Waals surface area contributed by atoms with E-state index < -0.39 is 30.9 Å². The van der Waals surface area contributed by atoms with Crippen molar-refractivity contribution in [3.8, 4) is 11.5 Å². The number of fused-ring (bicyclic) bond motifs is 2. The van der Waals surface area contributed by atoms with E-state index in [0.29, 0.717) is 8.95 Å². The molecule has 4 rings (SSSR count). The molecule has 2 heterocycles. The first-order valence-electron chi connectivity index (χ1n) is 8.55. The molecular weight excluding hydrogens is 560 g/mol. The minimum atomic E-state index is -4.59. The second-order valence-electron chi connectivity index (χ2n) is 6.28.